The van der Waals surface area contributed by atoms with Crippen LogP contribution in [0.25, 0.3) is 16.9 Å². The van der Waals surface area contributed by atoms with Crippen LogP contribution in [0.5, 0.6) is 0 Å². The molecule has 1 aromatic carbocycles. The van der Waals surface area contributed by atoms with Gasteiger partial charge in [0.05, 0.1) is 22.8 Å². The maximum Gasteiger partial charge on any atom is 0.280 e. The molecule has 8 nitrogen and oxygen atoms in total. The molecule has 8 heteroatoms. The molecule has 0 aliphatic rings. The van der Waals surface area contributed by atoms with Gasteiger partial charge in [-0.2, -0.15) is 5.26 Å². The van der Waals surface area contributed by atoms with Crippen molar-refractivity contribution >= 4 is 5.91 Å². The van der Waals surface area contributed by atoms with Gasteiger partial charge in [-0.15, -0.1) is 0 Å². The second-order valence-corrected chi connectivity index (χ2v) is 6.58. The second-order valence-electron chi connectivity index (χ2n) is 6.58. The Kier molecular flexibility index (Phi) is 6.22. The lowest BCUT2D eigenvalue weighted by Crippen LogP contribution is -2.33. The molecule has 0 saturated carbocycles. The third kappa shape index (κ3) is 4.59. The second kappa shape index (κ2) is 8.99. The highest BCUT2D eigenvalue weighted by atomic mass is 16.5. The third-order valence-electron chi connectivity index (χ3n) is 4.47. The minimum atomic E-state index is -0.271. The molecule has 0 aliphatic carbocycles. The Bertz CT molecular complexity index is 1080. The summed E-state index contributed by atoms with van der Waals surface area (Å²) < 4.78 is 6.31. The van der Waals surface area contributed by atoms with Crippen molar-refractivity contribution in [2.45, 2.75) is 19.4 Å². The number of H-pyrrole nitrogens is 1. The Balaban J connectivity index is 1.76. The van der Waals surface area contributed by atoms with E-state index in [-0.39, 0.29) is 17.5 Å². The first-order valence-corrected chi connectivity index (χ1v) is 9.10. The van der Waals surface area contributed by atoms with Crippen LogP contribution in [-0.2, 0) is 4.74 Å². The highest BCUT2D eigenvalue weighted by Gasteiger charge is 2.13. The van der Waals surface area contributed by atoms with E-state index in [0.29, 0.717) is 41.1 Å². The number of nitrogens with zero attached hydrogens (tertiary/aromatic N) is 3. The van der Waals surface area contributed by atoms with Crippen LogP contribution in [0, 0.1) is 11.3 Å². The van der Waals surface area contributed by atoms with Crippen molar-refractivity contribution in [1.82, 2.24) is 20.1 Å². The number of carbonyl (C=O) groups is 1. The molecule has 148 valence electrons. The molecule has 2 heterocycles. The van der Waals surface area contributed by atoms with Crippen molar-refractivity contribution in [3.63, 3.8) is 0 Å². The summed E-state index contributed by atoms with van der Waals surface area (Å²) in [6.45, 7) is 2.47. The number of amides is 1. The first-order chi connectivity index (χ1) is 14.0. The molecule has 0 fully saturated rings. The van der Waals surface area contributed by atoms with E-state index in [1.165, 1.54) is 10.9 Å². The van der Waals surface area contributed by atoms with Crippen molar-refractivity contribution in [3.8, 4) is 23.0 Å². The maximum absolute atomic E-state index is 12.7. The number of nitriles is 1. The number of aromatic amines is 1. The molecular weight excluding hydrogens is 370 g/mol. The van der Waals surface area contributed by atoms with E-state index < -0.39 is 0 Å². The predicted octanol–water partition coefficient (Wildman–Crippen LogP) is 2.25. The molecule has 3 aromatic rings. The van der Waals surface area contributed by atoms with Crippen LogP contribution in [0.1, 0.15) is 29.3 Å². The number of nitrogens with one attached hydrogen (secondary N) is 2. The van der Waals surface area contributed by atoms with Gasteiger partial charge in [0.2, 0.25) is 0 Å². The molecule has 0 bridgehead atoms. The van der Waals surface area contributed by atoms with Gasteiger partial charge < -0.3 is 10.1 Å². The number of hydrogen-bond acceptors (Lipinski definition) is 5. The minimum Gasteiger partial charge on any atom is -0.385 e. The van der Waals surface area contributed by atoms with Crippen LogP contribution in [0.15, 0.2) is 53.6 Å². The lowest BCUT2D eigenvalue weighted by atomic mass is 10.1. The number of hydrogen-bond donors (Lipinski definition) is 2. The van der Waals surface area contributed by atoms with Crippen molar-refractivity contribution in [3.05, 3.63) is 70.3 Å². The Morgan fingerprint density at radius 1 is 1.31 bits per heavy atom. The van der Waals surface area contributed by atoms with Gasteiger partial charge in [-0.25, -0.2) is 9.67 Å². The molecule has 1 amide bonds. The smallest absolute Gasteiger partial charge is 0.280 e. The Morgan fingerprint density at radius 3 is 2.69 bits per heavy atom. The van der Waals surface area contributed by atoms with E-state index in [9.17, 15) is 9.59 Å². The molecule has 0 saturated heterocycles. The number of pyridine rings is 1. The van der Waals surface area contributed by atoms with Crippen LogP contribution in [0.2, 0.25) is 0 Å². The fraction of sp³-hybridized carbons (Fsp3) is 0.238. The van der Waals surface area contributed by atoms with Gasteiger partial charge in [0, 0.05) is 32.2 Å². The third-order valence-corrected chi connectivity index (χ3v) is 4.47. The van der Waals surface area contributed by atoms with E-state index in [1.54, 1.807) is 49.7 Å². The van der Waals surface area contributed by atoms with Crippen LogP contribution < -0.4 is 10.9 Å². The highest BCUT2D eigenvalue weighted by Crippen LogP contribution is 2.16. The van der Waals surface area contributed by atoms with E-state index in [0.717, 1.165) is 0 Å². The van der Waals surface area contributed by atoms with E-state index in [1.807, 2.05) is 13.0 Å². The zero-order chi connectivity index (χ0) is 20.8. The first kappa shape index (κ1) is 20.0. The molecule has 29 heavy (non-hydrogen) atoms. The average molecular weight is 391 g/mol. The SMILES string of the molecule is COCCC(C)NC(=O)c1ccc(-n2[nH]cc(-c3ccc(C#N)cc3)c2=O)nc1. The van der Waals surface area contributed by atoms with Gasteiger partial charge in [-0.1, -0.05) is 12.1 Å². The quantitative estimate of drug-likeness (QED) is 0.641. The zero-order valence-electron chi connectivity index (χ0n) is 16.2. The normalized spacial score (nSPS) is 11.6. The first-order valence-electron chi connectivity index (χ1n) is 9.10. The topological polar surface area (TPSA) is 113 Å². The lowest BCUT2D eigenvalue weighted by Gasteiger charge is -2.13. The summed E-state index contributed by atoms with van der Waals surface area (Å²) in [6.07, 6.45) is 3.73. The van der Waals surface area contributed by atoms with Gasteiger partial charge in [0.25, 0.3) is 11.5 Å². The molecule has 3 rings (SSSR count). The molecule has 1 unspecified atom stereocenters. The van der Waals surface area contributed by atoms with Crippen molar-refractivity contribution in [2.75, 3.05) is 13.7 Å². The predicted molar refractivity (Wildman–Crippen MR) is 108 cm³/mol. The van der Waals surface area contributed by atoms with Gasteiger partial charge in [0.1, 0.15) is 0 Å². The van der Waals surface area contributed by atoms with Crippen LogP contribution in [-0.4, -0.2) is 40.4 Å². The van der Waals surface area contributed by atoms with Crippen molar-refractivity contribution in [2.24, 2.45) is 0 Å². The summed E-state index contributed by atoms with van der Waals surface area (Å²) in [6, 6.07) is 12.0. The summed E-state index contributed by atoms with van der Waals surface area (Å²) in [5.74, 6) is 0.142. The summed E-state index contributed by atoms with van der Waals surface area (Å²) in [7, 11) is 1.62. The van der Waals surface area contributed by atoms with Gasteiger partial charge in [0.15, 0.2) is 5.82 Å². The van der Waals surface area contributed by atoms with Gasteiger partial charge >= 0.3 is 0 Å². The zero-order valence-corrected chi connectivity index (χ0v) is 16.2. The summed E-state index contributed by atoms with van der Waals surface area (Å²) in [5.41, 5.74) is 1.82. The summed E-state index contributed by atoms with van der Waals surface area (Å²) >= 11 is 0. The van der Waals surface area contributed by atoms with Crippen LogP contribution >= 0.6 is 0 Å². The minimum absolute atomic E-state index is 0.0249. The lowest BCUT2D eigenvalue weighted by molar-refractivity contribution is 0.0929. The summed E-state index contributed by atoms with van der Waals surface area (Å²) in [4.78, 5) is 29.2. The Labute approximate surface area is 167 Å². The molecule has 1 atom stereocenters. The molecular formula is C21H21N5O3. The monoisotopic (exact) mass is 391 g/mol. The van der Waals surface area contributed by atoms with Crippen LogP contribution in [0.4, 0.5) is 0 Å². The van der Waals surface area contributed by atoms with Crippen LogP contribution in [0.3, 0.4) is 0 Å². The fourth-order valence-corrected chi connectivity index (χ4v) is 2.80. The number of methoxy groups -OCH3 is 1. The van der Waals surface area contributed by atoms with Gasteiger partial charge in [-0.3, -0.25) is 14.7 Å². The van der Waals surface area contributed by atoms with Crippen molar-refractivity contribution in [1.29, 1.82) is 5.26 Å². The maximum atomic E-state index is 12.7. The molecule has 0 aliphatic heterocycles. The number of carbonyl (C=O) groups excluding carboxylic acids is 1. The Morgan fingerprint density at radius 2 is 2.07 bits per heavy atom. The summed E-state index contributed by atoms with van der Waals surface area (Å²) in [5, 5.41) is 14.7. The fourth-order valence-electron chi connectivity index (χ4n) is 2.80. The molecule has 0 radical (unpaired) electrons. The van der Waals surface area contributed by atoms with Crippen molar-refractivity contribution < 1.29 is 9.53 Å². The number of benzene rings is 1. The number of aromatic nitrogens is 3. The number of rotatable bonds is 7. The average Bonchev–Trinajstić information content (AvgIpc) is 3.13. The Hall–Kier alpha value is -3.70. The standard InChI is InChI=1S/C21H21N5O3/c1-14(9-10-29-2)25-20(27)17-7-8-19(23-12-17)26-21(28)18(13-24-26)16-5-3-15(11-22)4-6-16/h3-8,12-14,24H,9-10H2,1-2H3,(H,25,27). The highest BCUT2D eigenvalue weighted by molar-refractivity contribution is 5.94. The molecule has 0 spiro atoms. The van der Waals surface area contributed by atoms with E-state index >= 15 is 0 Å². The molecule has 2 N–H and O–H groups in total. The van der Waals surface area contributed by atoms with Gasteiger partial charge in [-0.05, 0) is 43.2 Å². The molecule has 2 aromatic heterocycles. The van der Waals surface area contributed by atoms with E-state index in [2.05, 4.69) is 15.4 Å². The van der Waals surface area contributed by atoms with E-state index in [4.69, 9.17) is 10.00 Å². The largest absolute Gasteiger partial charge is 0.385 e. The number of ether oxygens (including phenoxy) is 1.